The SMILES string of the molecule is CCN[C@H]1CN(CCCOC)S(=O)(=O)c2sc(S(=O)(=O)/N=C\CCC(CC)C(CC)C(CC)C(CC)C(C)CC)cc21. The van der Waals surface area contributed by atoms with Gasteiger partial charge in [-0.25, -0.2) is 8.42 Å². The zero-order valence-corrected chi connectivity index (χ0v) is 29.7. The zero-order chi connectivity index (χ0) is 31.5. The standard InChI is InChI=1S/C31H57N3O5S3/c1-9-23(7)25(11-3)27(13-5)26(12-4)24(10-2)17-15-18-33-41(35,36)30-21-28-29(32-14-6)22-34(19-16-20-39-8)42(37,38)31(28)40-30/h18,21,23-27,29,32H,9-17,19-20,22H2,1-8H3/b33-18-/t23?,24?,25?,26?,27?,29-/m0/s1. The highest BCUT2D eigenvalue weighted by molar-refractivity contribution is 7.94. The molecule has 0 saturated carbocycles. The lowest BCUT2D eigenvalue weighted by Gasteiger charge is -2.39. The highest BCUT2D eigenvalue weighted by Gasteiger charge is 2.40. The number of methoxy groups -OCH3 is 1. The summed E-state index contributed by atoms with van der Waals surface area (Å²) in [4.78, 5) is 0. The highest BCUT2D eigenvalue weighted by atomic mass is 32.3. The van der Waals surface area contributed by atoms with Crippen molar-refractivity contribution in [2.75, 3.05) is 33.4 Å². The van der Waals surface area contributed by atoms with E-state index in [1.165, 1.54) is 35.8 Å². The van der Waals surface area contributed by atoms with Gasteiger partial charge in [0.2, 0.25) is 0 Å². The van der Waals surface area contributed by atoms with Crippen LogP contribution in [-0.4, -0.2) is 60.7 Å². The van der Waals surface area contributed by atoms with Crippen LogP contribution in [0.1, 0.15) is 111 Å². The predicted molar refractivity (Wildman–Crippen MR) is 175 cm³/mol. The molecule has 0 amide bonds. The van der Waals surface area contributed by atoms with Crippen LogP contribution in [0, 0.1) is 29.6 Å². The summed E-state index contributed by atoms with van der Waals surface area (Å²) in [5, 5.41) is 3.32. The molecule has 1 aromatic rings. The van der Waals surface area contributed by atoms with Crippen molar-refractivity contribution >= 4 is 37.6 Å². The summed E-state index contributed by atoms with van der Waals surface area (Å²) in [6.07, 6.45) is 9.34. The van der Waals surface area contributed by atoms with Crippen molar-refractivity contribution in [3.8, 4) is 0 Å². The van der Waals surface area contributed by atoms with Crippen LogP contribution in [0.15, 0.2) is 18.9 Å². The lowest BCUT2D eigenvalue weighted by atomic mass is 9.66. The molecule has 0 fully saturated rings. The fraction of sp³-hybridized carbons (Fsp3) is 0.839. The van der Waals surface area contributed by atoms with Gasteiger partial charge < -0.3 is 10.1 Å². The number of thiophene rings is 1. The molecular weight excluding hydrogens is 591 g/mol. The molecule has 42 heavy (non-hydrogen) atoms. The number of hydrogen-bond acceptors (Lipinski definition) is 7. The summed E-state index contributed by atoms with van der Waals surface area (Å²) in [7, 11) is -6.22. The summed E-state index contributed by atoms with van der Waals surface area (Å²) < 4.78 is 64.0. The van der Waals surface area contributed by atoms with E-state index in [4.69, 9.17) is 4.74 Å². The summed E-state index contributed by atoms with van der Waals surface area (Å²) >= 11 is 0.814. The summed E-state index contributed by atoms with van der Waals surface area (Å²) in [5.41, 5.74) is 0.521. The van der Waals surface area contributed by atoms with E-state index in [9.17, 15) is 16.8 Å². The van der Waals surface area contributed by atoms with Gasteiger partial charge in [-0.2, -0.15) is 17.1 Å². The van der Waals surface area contributed by atoms with Gasteiger partial charge in [0.25, 0.3) is 20.0 Å². The Labute approximate surface area is 261 Å². The van der Waals surface area contributed by atoms with Crippen molar-refractivity contribution in [2.45, 2.75) is 114 Å². The number of nitrogens with one attached hydrogen (secondary N) is 1. The maximum atomic E-state index is 13.4. The molecule has 2 heterocycles. The van der Waals surface area contributed by atoms with Gasteiger partial charge in [0, 0.05) is 44.6 Å². The molecule has 244 valence electrons. The molecule has 6 atom stereocenters. The minimum atomic E-state index is -4.01. The number of rotatable bonds is 20. The van der Waals surface area contributed by atoms with E-state index in [0.29, 0.717) is 67.7 Å². The third-order valence-corrected chi connectivity index (χ3v) is 14.7. The van der Waals surface area contributed by atoms with E-state index < -0.39 is 20.0 Å². The molecule has 5 unspecified atom stereocenters. The molecule has 1 aromatic heterocycles. The van der Waals surface area contributed by atoms with Gasteiger partial charge >= 0.3 is 0 Å². The average molecular weight is 648 g/mol. The Hall–Kier alpha value is -0.850. The number of hydrogen-bond donors (Lipinski definition) is 1. The third kappa shape index (κ3) is 9.10. The van der Waals surface area contributed by atoms with Crippen LogP contribution in [0.3, 0.4) is 0 Å². The van der Waals surface area contributed by atoms with E-state index in [2.05, 4.69) is 51.3 Å². The van der Waals surface area contributed by atoms with E-state index in [-0.39, 0.29) is 21.0 Å². The smallest absolute Gasteiger partial charge is 0.291 e. The van der Waals surface area contributed by atoms with Gasteiger partial charge in [-0.1, -0.05) is 80.6 Å². The number of likely N-dealkylation sites (N-methyl/N-ethyl adjacent to an activating group) is 1. The third-order valence-electron chi connectivity index (χ3n) is 9.40. The number of nitrogens with zero attached hydrogens (tertiary/aromatic N) is 2. The Morgan fingerprint density at radius 3 is 2.29 bits per heavy atom. The van der Waals surface area contributed by atoms with Crippen molar-refractivity contribution in [1.29, 1.82) is 0 Å². The molecular formula is C31H57N3O5S3. The second kappa shape index (κ2) is 17.6. The molecule has 0 bridgehead atoms. The van der Waals surface area contributed by atoms with Gasteiger partial charge in [-0.05, 0) is 61.5 Å². The van der Waals surface area contributed by atoms with Crippen LogP contribution in [0.5, 0.6) is 0 Å². The van der Waals surface area contributed by atoms with E-state index in [0.717, 1.165) is 30.6 Å². The van der Waals surface area contributed by atoms with Gasteiger partial charge in [0.05, 0.1) is 0 Å². The molecule has 2 rings (SSSR count). The first-order chi connectivity index (χ1) is 20.0. The minimum Gasteiger partial charge on any atom is -0.385 e. The van der Waals surface area contributed by atoms with Gasteiger partial charge in [-0.15, -0.1) is 11.3 Å². The Morgan fingerprint density at radius 2 is 1.74 bits per heavy atom. The Balaban J connectivity index is 2.23. The summed E-state index contributed by atoms with van der Waals surface area (Å²) in [5.74, 6) is 3.18. The van der Waals surface area contributed by atoms with Crippen LogP contribution in [0.4, 0.5) is 0 Å². The molecule has 11 heteroatoms. The van der Waals surface area contributed by atoms with Gasteiger partial charge in [-0.3, -0.25) is 0 Å². The van der Waals surface area contributed by atoms with Crippen molar-refractivity contribution in [1.82, 2.24) is 9.62 Å². The fourth-order valence-corrected chi connectivity index (χ4v) is 11.8. The lowest BCUT2D eigenvalue weighted by Crippen LogP contribution is -2.43. The Kier molecular flexibility index (Phi) is 15.6. The van der Waals surface area contributed by atoms with Crippen molar-refractivity contribution < 1.29 is 21.6 Å². The van der Waals surface area contributed by atoms with E-state index in [1.807, 2.05) is 6.92 Å². The monoisotopic (exact) mass is 647 g/mol. The first-order valence-corrected chi connectivity index (χ1v) is 19.8. The van der Waals surface area contributed by atoms with Crippen LogP contribution < -0.4 is 5.32 Å². The molecule has 0 aromatic carbocycles. The predicted octanol–water partition coefficient (Wildman–Crippen LogP) is 7.13. The van der Waals surface area contributed by atoms with Crippen LogP contribution in [0.25, 0.3) is 0 Å². The first-order valence-electron chi connectivity index (χ1n) is 16.1. The topological polar surface area (TPSA) is 105 Å². The molecule has 1 aliphatic rings. The second-order valence-corrected chi connectivity index (χ2v) is 16.8. The Morgan fingerprint density at radius 1 is 1.07 bits per heavy atom. The van der Waals surface area contributed by atoms with Crippen molar-refractivity contribution in [3.63, 3.8) is 0 Å². The molecule has 0 saturated heterocycles. The van der Waals surface area contributed by atoms with Crippen LogP contribution >= 0.6 is 11.3 Å². The molecule has 8 nitrogen and oxygen atoms in total. The fourth-order valence-electron chi connectivity index (χ4n) is 7.02. The minimum absolute atomic E-state index is 0.0159. The normalized spacial score (nSPS) is 21.2. The van der Waals surface area contributed by atoms with E-state index in [1.54, 1.807) is 7.11 Å². The summed E-state index contributed by atoms with van der Waals surface area (Å²) in [6, 6.07) is 1.24. The van der Waals surface area contributed by atoms with Crippen LogP contribution in [0.2, 0.25) is 0 Å². The zero-order valence-electron chi connectivity index (χ0n) is 27.3. The molecule has 0 spiro atoms. The molecule has 1 aliphatic heterocycles. The first kappa shape index (κ1) is 37.3. The molecule has 1 N–H and O–H groups in total. The Bertz CT molecular complexity index is 1180. The maximum Gasteiger partial charge on any atom is 0.291 e. The second-order valence-electron chi connectivity index (χ2n) is 11.7. The lowest BCUT2D eigenvalue weighted by molar-refractivity contribution is 0.102. The van der Waals surface area contributed by atoms with Gasteiger partial charge in [0.1, 0.15) is 8.42 Å². The van der Waals surface area contributed by atoms with Crippen molar-refractivity contribution in [2.24, 2.45) is 34.0 Å². The average Bonchev–Trinajstić information content (AvgIpc) is 3.44. The number of ether oxygens (including phenoxy) is 1. The largest absolute Gasteiger partial charge is 0.385 e. The summed E-state index contributed by atoms with van der Waals surface area (Å²) in [6.45, 7) is 17.5. The van der Waals surface area contributed by atoms with Crippen molar-refractivity contribution in [3.05, 3.63) is 11.6 Å². The molecule has 0 aliphatic carbocycles. The number of sulfonamides is 2. The van der Waals surface area contributed by atoms with Crippen LogP contribution in [-0.2, 0) is 24.8 Å². The number of fused-ring (bicyclic) bond motifs is 1. The molecule has 0 radical (unpaired) electrons. The quantitative estimate of drug-likeness (QED) is 0.119. The van der Waals surface area contributed by atoms with E-state index >= 15 is 0 Å². The van der Waals surface area contributed by atoms with Gasteiger partial charge in [0.15, 0.2) is 0 Å². The maximum absolute atomic E-state index is 13.4. The highest BCUT2D eigenvalue weighted by Crippen LogP contribution is 2.42.